The summed E-state index contributed by atoms with van der Waals surface area (Å²) in [5, 5.41) is 2.85. The normalized spacial score (nSPS) is 16.1. The second-order valence-corrected chi connectivity index (χ2v) is 6.14. The Balaban J connectivity index is 1.50. The maximum Gasteiger partial charge on any atom is 0.258 e. The van der Waals surface area contributed by atoms with Gasteiger partial charge in [0.15, 0.2) is 6.61 Å². The van der Waals surface area contributed by atoms with E-state index < -0.39 is 0 Å². The second-order valence-electron chi connectivity index (χ2n) is 6.14. The van der Waals surface area contributed by atoms with Crippen LogP contribution >= 0.6 is 0 Å². The molecule has 7 nitrogen and oxygen atoms in total. The van der Waals surface area contributed by atoms with Crippen LogP contribution < -0.4 is 24.4 Å². The summed E-state index contributed by atoms with van der Waals surface area (Å²) >= 11 is 0. The summed E-state index contributed by atoms with van der Waals surface area (Å²) < 4.78 is 15.7. The van der Waals surface area contributed by atoms with Crippen molar-refractivity contribution >= 4 is 17.5 Å². The molecule has 0 aromatic heterocycles. The van der Waals surface area contributed by atoms with Gasteiger partial charge in [0.25, 0.3) is 5.91 Å². The van der Waals surface area contributed by atoms with E-state index in [1.54, 1.807) is 55.5 Å². The molecule has 0 radical (unpaired) electrons. The Morgan fingerprint density at radius 3 is 2.15 bits per heavy atom. The number of hydrogen-bond acceptors (Lipinski definition) is 5. The molecule has 0 bridgehead atoms. The zero-order valence-electron chi connectivity index (χ0n) is 15.3. The monoisotopic (exact) mass is 370 g/mol. The maximum atomic E-state index is 12.3. The summed E-state index contributed by atoms with van der Waals surface area (Å²) in [5.74, 6) is 1.73. The number of anilines is 1. The number of hydrogen-bond donors (Lipinski definition) is 1. The van der Waals surface area contributed by atoms with Gasteiger partial charge in [-0.1, -0.05) is 0 Å². The second kappa shape index (κ2) is 8.44. The van der Waals surface area contributed by atoms with E-state index in [1.165, 1.54) is 0 Å². The first-order chi connectivity index (χ1) is 13.1. The number of ether oxygens (including phenoxy) is 3. The predicted octanol–water partition coefficient (Wildman–Crippen LogP) is 2.00. The molecule has 7 heteroatoms. The van der Waals surface area contributed by atoms with Crippen molar-refractivity contribution in [2.45, 2.75) is 12.5 Å². The maximum absolute atomic E-state index is 12.3. The van der Waals surface area contributed by atoms with Crippen LogP contribution in [0.2, 0.25) is 0 Å². The lowest BCUT2D eigenvalue weighted by Crippen LogP contribution is -2.39. The molecule has 1 heterocycles. The average Bonchev–Trinajstić information content (AvgIpc) is 3.06. The highest BCUT2D eigenvalue weighted by molar-refractivity contribution is 5.97. The molecule has 1 aliphatic rings. The molecule has 0 unspecified atom stereocenters. The van der Waals surface area contributed by atoms with E-state index >= 15 is 0 Å². The minimum absolute atomic E-state index is 0.0264. The van der Waals surface area contributed by atoms with E-state index in [1.807, 2.05) is 12.1 Å². The Kier molecular flexibility index (Phi) is 5.80. The highest BCUT2D eigenvalue weighted by Crippen LogP contribution is 2.24. The summed E-state index contributed by atoms with van der Waals surface area (Å²) in [6.45, 7) is 0.318. The van der Waals surface area contributed by atoms with E-state index in [-0.39, 0.29) is 30.9 Å². The topological polar surface area (TPSA) is 77.1 Å². The summed E-state index contributed by atoms with van der Waals surface area (Å²) in [6.07, 6.45) is 0.264. The third kappa shape index (κ3) is 4.69. The minimum atomic E-state index is -0.264. The van der Waals surface area contributed by atoms with Crippen LogP contribution in [0.3, 0.4) is 0 Å². The Morgan fingerprint density at radius 2 is 1.56 bits per heavy atom. The van der Waals surface area contributed by atoms with Crippen molar-refractivity contribution < 1.29 is 23.8 Å². The van der Waals surface area contributed by atoms with Crippen molar-refractivity contribution in [3.63, 3.8) is 0 Å². The molecule has 1 atom stereocenters. The van der Waals surface area contributed by atoms with Gasteiger partial charge in [-0.15, -0.1) is 0 Å². The van der Waals surface area contributed by atoms with E-state index in [9.17, 15) is 9.59 Å². The molecule has 142 valence electrons. The molecule has 1 aliphatic heterocycles. The molecule has 0 aliphatic carbocycles. The van der Waals surface area contributed by atoms with Gasteiger partial charge in [-0.25, -0.2) is 0 Å². The first kappa shape index (κ1) is 18.6. The molecular weight excluding hydrogens is 348 g/mol. The fourth-order valence-corrected chi connectivity index (χ4v) is 2.91. The van der Waals surface area contributed by atoms with Gasteiger partial charge in [0.1, 0.15) is 17.2 Å². The fourth-order valence-electron chi connectivity index (χ4n) is 2.91. The Morgan fingerprint density at radius 1 is 1.00 bits per heavy atom. The Bertz CT molecular complexity index is 789. The van der Waals surface area contributed by atoms with Crippen LogP contribution in [0, 0.1) is 0 Å². The van der Waals surface area contributed by atoms with Crippen LogP contribution in [0.5, 0.6) is 17.2 Å². The molecule has 3 rings (SSSR count). The summed E-state index contributed by atoms with van der Waals surface area (Å²) in [7, 11) is 3.18. The van der Waals surface area contributed by atoms with Crippen LogP contribution in [-0.4, -0.2) is 45.2 Å². The SMILES string of the molecule is COc1ccc(OCC(=O)N[C@H]2CC(=O)N(c3ccc(OC)cc3)C2)cc1. The lowest BCUT2D eigenvalue weighted by molar-refractivity contribution is -0.123. The molecular formula is C20H22N2O5. The first-order valence-electron chi connectivity index (χ1n) is 8.59. The van der Waals surface area contributed by atoms with Gasteiger partial charge in [-0.05, 0) is 48.5 Å². The first-order valence-corrected chi connectivity index (χ1v) is 8.59. The largest absolute Gasteiger partial charge is 0.497 e. The minimum Gasteiger partial charge on any atom is -0.497 e. The Labute approximate surface area is 157 Å². The van der Waals surface area contributed by atoms with Crippen LogP contribution in [0.15, 0.2) is 48.5 Å². The van der Waals surface area contributed by atoms with E-state index in [0.29, 0.717) is 12.3 Å². The fraction of sp³-hybridized carbons (Fsp3) is 0.300. The third-order valence-corrected chi connectivity index (χ3v) is 4.30. The molecule has 1 saturated heterocycles. The van der Waals surface area contributed by atoms with E-state index in [0.717, 1.165) is 17.2 Å². The Hall–Kier alpha value is -3.22. The zero-order valence-corrected chi connectivity index (χ0v) is 15.3. The van der Waals surface area contributed by atoms with Crippen LogP contribution in [0.4, 0.5) is 5.69 Å². The molecule has 27 heavy (non-hydrogen) atoms. The quantitative estimate of drug-likeness (QED) is 0.807. The number of carbonyl (C=O) groups is 2. The number of methoxy groups -OCH3 is 2. The summed E-state index contributed by atoms with van der Waals surface area (Å²) in [5.41, 5.74) is 0.784. The number of carbonyl (C=O) groups excluding carboxylic acids is 2. The lowest BCUT2D eigenvalue weighted by Gasteiger charge is -2.17. The molecule has 2 amide bonds. The number of nitrogens with zero attached hydrogens (tertiary/aromatic N) is 1. The van der Waals surface area contributed by atoms with Crippen molar-refractivity contribution in [3.05, 3.63) is 48.5 Å². The highest BCUT2D eigenvalue weighted by atomic mass is 16.5. The zero-order chi connectivity index (χ0) is 19.2. The number of amides is 2. The molecule has 1 fully saturated rings. The van der Waals surface area contributed by atoms with Gasteiger partial charge < -0.3 is 24.4 Å². The highest BCUT2D eigenvalue weighted by Gasteiger charge is 2.31. The van der Waals surface area contributed by atoms with Gasteiger partial charge in [-0.3, -0.25) is 9.59 Å². The van der Waals surface area contributed by atoms with Gasteiger partial charge >= 0.3 is 0 Å². The van der Waals surface area contributed by atoms with Crippen molar-refractivity contribution in [1.29, 1.82) is 0 Å². The molecule has 2 aromatic carbocycles. The van der Waals surface area contributed by atoms with E-state index in [2.05, 4.69) is 5.32 Å². The third-order valence-electron chi connectivity index (χ3n) is 4.30. The van der Waals surface area contributed by atoms with E-state index in [4.69, 9.17) is 14.2 Å². The lowest BCUT2D eigenvalue weighted by atomic mass is 10.2. The standard InChI is InChI=1S/C20H22N2O5/c1-25-16-5-3-15(4-6-16)22-12-14(11-20(22)24)21-19(23)13-27-18-9-7-17(26-2)8-10-18/h3-10,14H,11-13H2,1-2H3,(H,21,23)/t14-/m0/s1. The van der Waals surface area contributed by atoms with Crippen LogP contribution in [0.1, 0.15) is 6.42 Å². The molecule has 1 N–H and O–H groups in total. The molecule has 0 saturated carbocycles. The number of benzene rings is 2. The van der Waals surface area contributed by atoms with Crippen LogP contribution in [-0.2, 0) is 9.59 Å². The van der Waals surface area contributed by atoms with Crippen molar-refractivity contribution in [3.8, 4) is 17.2 Å². The molecule has 2 aromatic rings. The number of rotatable bonds is 7. The van der Waals surface area contributed by atoms with Crippen molar-refractivity contribution in [2.24, 2.45) is 0 Å². The average molecular weight is 370 g/mol. The van der Waals surface area contributed by atoms with Gasteiger partial charge in [0.05, 0.1) is 20.3 Å². The smallest absolute Gasteiger partial charge is 0.258 e. The summed E-state index contributed by atoms with van der Waals surface area (Å²) in [6, 6.07) is 14.0. The number of nitrogens with one attached hydrogen (secondary N) is 1. The van der Waals surface area contributed by atoms with Crippen LogP contribution in [0.25, 0.3) is 0 Å². The molecule has 0 spiro atoms. The summed E-state index contributed by atoms with van der Waals surface area (Å²) in [4.78, 5) is 26.0. The van der Waals surface area contributed by atoms with Crippen molar-refractivity contribution in [1.82, 2.24) is 5.32 Å². The predicted molar refractivity (Wildman–Crippen MR) is 100 cm³/mol. The van der Waals surface area contributed by atoms with Gasteiger partial charge in [-0.2, -0.15) is 0 Å². The van der Waals surface area contributed by atoms with Crippen molar-refractivity contribution in [2.75, 3.05) is 32.3 Å². The van der Waals surface area contributed by atoms with Gasteiger partial charge in [0, 0.05) is 18.7 Å². The van der Waals surface area contributed by atoms with Gasteiger partial charge in [0.2, 0.25) is 5.91 Å².